The highest BCUT2D eigenvalue weighted by atomic mass is 79.9. The lowest BCUT2D eigenvalue weighted by Gasteiger charge is -2.21. The fraction of sp³-hybridized carbons (Fsp3) is 0.467. The molecule has 0 aliphatic heterocycles. The first-order valence-corrected chi connectivity index (χ1v) is 7.54. The number of amides is 1. The van der Waals surface area contributed by atoms with E-state index < -0.39 is 11.6 Å². The van der Waals surface area contributed by atoms with Crippen molar-refractivity contribution in [1.29, 1.82) is 0 Å². The lowest BCUT2D eigenvalue weighted by atomic mass is 9.95. The molecule has 0 bridgehead atoms. The van der Waals surface area contributed by atoms with Crippen LogP contribution in [0.2, 0.25) is 0 Å². The molecule has 0 heterocycles. The lowest BCUT2D eigenvalue weighted by molar-refractivity contribution is -0.156. The molecule has 6 heteroatoms. The van der Waals surface area contributed by atoms with E-state index in [1.165, 1.54) is 0 Å². The Hall–Kier alpha value is -1.40. The first-order valence-electron chi connectivity index (χ1n) is 6.74. The van der Waals surface area contributed by atoms with Crippen LogP contribution < -0.4 is 5.32 Å². The number of benzene rings is 1. The van der Waals surface area contributed by atoms with Crippen LogP contribution in [0.25, 0.3) is 0 Å². The Balaban J connectivity index is 2.66. The molecular formula is C15H20BrNO4. The predicted molar refractivity (Wildman–Crippen MR) is 82.9 cm³/mol. The maximum atomic E-state index is 12.1. The molecule has 1 aromatic rings. The zero-order valence-corrected chi connectivity index (χ0v) is 13.7. The summed E-state index contributed by atoms with van der Waals surface area (Å²) in [6.45, 7) is 2.74. The Kier molecular flexibility index (Phi) is 6.36. The largest absolute Gasteiger partial charge is 0.479 e. The topological polar surface area (TPSA) is 86.6 Å². The summed E-state index contributed by atoms with van der Waals surface area (Å²) in [5, 5.41) is 20.9. The number of hydrogen-bond donors (Lipinski definition) is 3. The molecule has 1 amide bonds. The average Bonchev–Trinajstić information content (AvgIpc) is 2.44. The van der Waals surface area contributed by atoms with Gasteiger partial charge in [0.15, 0.2) is 5.60 Å². The van der Waals surface area contributed by atoms with Crippen molar-refractivity contribution in [2.24, 2.45) is 5.92 Å². The highest BCUT2D eigenvalue weighted by Crippen LogP contribution is 2.21. The van der Waals surface area contributed by atoms with Gasteiger partial charge in [-0.15, -0.1) is 0 Å². The molecule has 116 valence electrons. The summed E-state index contributed by atoms with van der Waals surface area (Å²) < 4.78 is 0.939. The molecule has 0 saturated carbocycles. The molecule has 0 aliphatic rings. The van der Waals surface area contributed by atoms with Gasteiger partial charge in [-0.25, -0.2) is 4.79 Å². The molecule has 0 aromatic heterocycles. The number of carbonyl (C=O) groups is 2. The molecule has 0 spiro atoms. The van der Waals surface area contributed by atoms with Crippen molar-refractivity contribution < 1.29 is 19.8 Å². The summed E-state index contributed by atoms with van der Waals surface area (Å²) in [5.74, 6) is -1.88. The number of carboxylic acid groups (broad SMARTS) is 1. The van der Waals surface area contributed by atoms with Gasteiger partial charge in [0.2, 0.25) is 5.91 Å². The van der Waals surface area contributed by atoms with E-state index in [0.717, 1.165) is 17.0 Å². The minimum Gasteiger partial charge on any atom is -0.479 e. The first-order chi connectivity index (χ1) is 9.77. The molecular weight excluding hydrogens is 338 g/mol. The number of rotatable bonds is 7. The average molecular weight is 358 g/mol. The van der Waals surface area contributed by atoms with Gasteiger partial charge in [0.05, 0.1) is 6.54 Å². The highest BCUT2D eigenvalue weighted by Gasteiger charge is 2.31. The SMILES string of the molecule is CCC(Cc1ccccc1Br)C(=O)NCC(C)(O)C(=O)O. The van der Waals surface area contributed by atoms with Gasteiger partial charge in [-0.1, -0.05) is 41.1 Å². The maximum absolute atomic E-state index is 12.1. The predicted octanol–water partition coefficient (Wildman–Crippen LogP) is 1.97. The van der Waals surface area contributed by atoms with Crippen molar-refractivity contribution >= 4 is 27.8 Å². The molecule has 0 radical (unpaired) electrons. The number of aliphatic hydroxyl groups is 1. The van der Waals surface area contributed by atoms with E-state index in [1.54, 1.807) is 0 Å². The Bertz CT molecular complexity index is 516. The van der Waals surface area contributed by atoms with E-state index in [4.69, 9.17) is 5.11 Å². The van der Waals surface area contributed by atoms with Crippen molar-refractivity contribution in [3.8, 4) is 0 Å². The van der Waals surface area contributed by atoms with Crippen LogP contribution in [0, 0.1) is 5.92 Å². The van der Waals surface area contributed by atoms with Crippen LogP contribution in [-0.2, 0) is 16.0 Å². The molecule has 2 unspecified atom stereocenters. The molecule has 0 saturated heterocycles. The molecule has 2 atom stereocenters. The lowest BCUT2D eigenvalue weighted by Crippen LogP contribution is -2.48. The van der Waals surface area contributed by atoms with E-state index in [1.807, 2.05) is 31.2 Å². The smallest absolute Gasteiger partial charge is 0.337 e. The van der Waals surface area contributed by atoms with Crippen molar-refractivity contribution in [2.45, 2.75) is 32.3 Å². The van der Waals surface area contributed by atoms with Gasteiger partial charge < -0.3 is 15.5 Å². The Morgan fingerprint density at radius 3 is 2.52 bits per heavy atom. The number of carboxylic acids is 1. The Morgan fingerprint density at radius 2 is 2.00 bits per heavy atom. The standard InChI is InChI=1S/C15H20BrNO4/c1-3-10(8-11-6-4-5-7-12(11)16)13(18)17-9-15(2,21)14(19)20/h4-7,10,21H,3,8-9H2,1-2H3,(H,17,18)(H,19,20). The number of halogens is 1. The molecule has 0 fully saturated rings. The van der Waals surface area contributed by atoms with Crippen LogP contribution >= 0.6 is 15.9 Å². The number of carbonyl (C=O) groups excluding carboxylic acids is 1. The van der Waals surface area contributed by atoms with Gasteiger partial charge >= 0.3 is 5.97 Å². The van der Waals surface area contributed by atoms with Gasteiger partial charge in [-0.05, 0) is 31.4 Å². The second kappa shape index (κ2) is 7.56. The van der Waals surface area contributed by atoms with Crippen molar-refractivity contribution in [3.63, 3.8) is 0 Å². The molecule has 3 N–H and O–H groups in total. The van der Waals surface area contributed by atoms with E-state index >= 15 is 0 Å². The summed E-state index contributed by atoms with van der Waals surface area (Å²) >= 11 is 3.44. The molecule has 0 aliphatic carbocycles. The number of nitrogens with one attached hydrogen (secondary N) is 1. The summed E-state index contributed by atoms with van der Waals surface area (Å²) in [7, 11) is 0. The molecule has 1 rings (SSSR count). The van der Waals surface area contributed by atoms with E-state index in [2.05, 4.69) is 21.2 Å². The van der Waals surface area contributed by atoms with E-state index in [0.29, 0.717) is 12.8 Å². The number of aliphatic carboxylic acids is 1. The fourth-order valence-corrected chi connectivity index (χ4v) is 2.28. The highest BCUT2D eigenvalue weighted by molar-refractivity contribution is 9.10. The summed E-state index contributed by atoms with van der Waals surface area (Å²) in [5.41, 5.74) is -0.939. The van der Waals surface area contributed by atoms with Crippen molar-refractivity contribution in [3.05, 3.63) is 34.3 Å². The van der Waals surface area contributed by atoms with E-state index in [9.17, 15) is 14.7 Å². The molecule has 1 aromatic carbocycles. The van der Waals surface area contributed by atoms with Gasteiger partial charge in [-0.3, -0.25) is 4.79 Å². The second-order valence-electron chi connectivity index (χ2n) is 5.20. The normalized spacial score (nSPS) is 15.0. The third kappa shape index (κ3) is 5.13. The van der Waals surface area contributed by atoms with Crippen molar-refractivity contribution in [2.75, 3.05) is 6.54 Å². The quantitative estimate of drug-likeness (QED) is 0.696. The minimum atomic E-state index is -1.96. The zero-order chi connectivity index (χ0) is 16.0. The summed E-state index contributed by atoms with van der Waals surface area (Å²) in [6.07, 6.45) is 1.18. The van der Waals surface area contributed by atoms with Crippen LogP contribution in [0.3, 0.4) is 0 Å². The van der Waals surface area contributed by atoms with Gasteiger partial charge in [0, 0.05) is 10.4 Å². The van der Waals surface area contributed by atoms with Crippen LogP contribution in [-0.4, -0.2) is 34.2 Å². The molecule has 21 heavy (non-hydrogen) atoms. The zero-order valence-electron chi connectivity index (χ0n) is 12.1. The Labute approximate surface area is 132 Å². The summed E-state index contributed by atoms with van der Waals surface area (Å²) in [4.78, 5) is 22.9. The fourth-order valence-electron chi connectivity index (χ4n) is 1.83. The second-order valence-corrected chi connectivity index (χ2v) is 6.05. The third-order valence-electron chi connectivity index (χ3n) is 3.36. The maximum Gasteiger partial charge on any atom is 0.337 e. The third-order valence-corrected chi connectivity index (χ3v) is 4.13. The van der Waals surface area contributed by atoms with Gasteiger partial charge in [0.1, 0.15) is 0 Å². The monoisotopic (exact) mass is 357 g/mol. The van der Waals surface area contributed by atoms with Crippen molar-refractivity contribution in [1.82, 2.24) is 5.32 Å². The van der Waals surface area contributed by atoms with E-state index in [-0.39, 0.29) is 18.4 Å². The Morgan fingerprint density at radius 1 is 1.38 bits per heavy atom. The minimum absolute atomic E-state index is 0.255. The van der Waals surface area contributed by atoms with Gasteiger partial charge in [0.25, 0.3) is 0 Å². The first kappa shape index (κ1) is 17.7. The molecule has 5 nitrogen and oxygen atoms in total. The number of hydrogen-bond acceptors (Lipinski definition) is 3. The van der Waals surface area contributed by atoms with Crippen LogP contribution in [0.15, 0.2) is 28.7 Å². The van der Waals surface area contributed by atoms with Crippen LogP contribution in [0.1, 0.15) is 25.8 Å². The summed E-state index contributed by atoms with van der Waals surface area (Å²) in [6, 6.07) is 7.65. The van der Waals surface area contributed by atoms with Gasteiger partial charge in [-0.2, -0.15) is 0 Å². The van der Waals surface area contributed by atoms with Crippen LogP contribution in [0.5, 0.6) is 0 Å². The van der Waals surface area contributed by atoms with Crippen LogP contribution in [0.4, 0.5) is 0 Å².